The molecule has 2 atom stereocenters. The molecule has 3 aliphatic heterocycles. The molecule has 0 N–H and O–H groups in total. The van der Waals surface area contributed by atoms with Crippen molar-refractivity contribution in [2.24, 2.45) is 5.92 Å². The highest BCUT2D eigenvalue weighted by molar-refractivity contribution is 5.77. The van der Waals surface area contributed by atoms with E-state index in [0.29, 0.717) is 25.1 Å². The van der Waals surface area contributed by atoms with Gasteiger partial charge in [0, 0.05) is 46.3 Å². The molecule has 1 amide bonds. The third-order valence-corrected chi connectivity index (χ3v) is 5.39. The maximum absolute atomic E-state index is 12.0. The summed E-state index contributed by atoms with van der Waals surface area (Å²) in [7, 11) is 3.68. The molecule has 1 aromatic rings. The quantitative estimate of drug-likeness (QED) is 0.705. The third kappa shape index (κ3) is 5.27. The zero-order valence-corrected chi connectivity index (χ0v) is 15.6. The number of hydrogen-bond acceptors (Lipinski definition) is 4. The summed E-state index contributed by atoms with van der Waals surface area (Å²) in [6.07, 6.45) is 2.54. The summed E-state index contributed by atoms with van der Waals surface area (Å²) in [6.45, 7) is 6.21. The molecule has 0 radical (unpaired) electrons. The number of fused-ring (bicyclic) bond motifs is 4. The summed E-state index contributed by atoms with van der Waals surface area (Å²) in [5, 5.41) is 0. The number of amides is 1. The van der Waals surface area contributed by atoms with E-state index in [1.54, 1.807) is 4.90 Å². The molecule has 3 saturated heterocycles. The van der Waals surface area contributed by atoms with Crippen LogP contribution < -0.4 is 0 Å². The van der Waals surface area contributed by atoms with E-state index >= 15 is 0 Å². The van der Waals surface area contributed by atoms with Crippen molar-refractivity contribution in [2.75, 3.05) is 53.4 Å². The SMILES string of the molecule is CN(C)C(=O)CN1C[C@@H]2CC[C@H](C1)N(CCOCc1ccccc1)C2. The van der Waals surface area contributed by atoms with Gasteiger partial charge in [-0.2, -0.15) is 0 Å². The highest BCUT2D eigenvalue weighted by Gasteiger charge is 2.35. The molecule has 0 spiro atoms. The molecule has 2 bridgehead atoms. The molecular formula is C20H31N3O2. The Morgan fingerprint density at radius 2 is 1.96 bits per heavy atom. The van der Waals surface area contributed by atoms with E-state index < -0.39 is 0 Å². The van der Waals surface area contributed by atoms with Gasteiger partial charge in [0.05, 0.1) is 19.8 Å². The van der Waals surface area contributed by atoms with E-state index in [1.807, 2.05) is 20.2 Å². The average Bonchev–Trinajstić information content (AvgIpc) is 2.90. The van der Waals surface area contributed by atoms with Gasteiger partial charge in [0.1, 0.15) is 0 Å². The van der Waals surface area contributed by atoms with Crippen LogP contribution in [0.5, 0.6) is 0 Å². The molecule has 3 heterocycles. The molecule has 0 unspecified atom stereocenters. The van der Waals surface area contributed by atoms with Gasteiger partial charge in [0.25, 0.3) is 0 Å². The number of hydrogen-bond donors (Lipinski definition) is 0. The van der Waals surface area contributed by atoms with Crippen LogP contribution in [0.4, 0.5) is 0 Å². The fraction of sp³-hybridized carbons (Fsp3) is 0.650. The normalized spacial score (nSPS) is 24.2. The maximum Gasteiger partial charge on any atom is 0.236 e. The fourth-order valence-electron chi connectivity index (χ4n) is 3.96. The summed E-state index contributed by atoms with van der Waals surface area (Å²) in [6, 6.07) is 10.9. The van der Waals surface area contributed by atoms with Gasteiger partial charge in [0.2, 0.25) is 5.91 Å². The second-order valence-electron chi connectivity index (χ2n) is 7.61. The van der Waals surface area contributed by atoms with Crippen molar-refractivity contribution in [2.45, 2.75) is 25.5 Å². The van der Waals surface area contributed by atoms with Gasteiger partial charge in [0.15, 0.2) is 0 Å². The number of carbonyl (C=O) groups excluding carboxylic acids is 1. The number of piperidine rings is 1. The fourth-order valence-corrected chi connectivity index (χ4v) is 3.96. The number of rotatable bonds is 7. The third-order valence-electron chi connectivity index (χ3n) is 5.39. The van der Waals surface area contributed by atoms with Gasteiger partial charge < -0.3 is 9.64 Å². The summed E-state index contributed by atoms with van der Waals surface area (Å²) in [5.74, 6) is 0.891. The number of benzene rings is 1. The second kappa shape index (κ2) is 8.79. The van der Waals surface area contributed by atoms with Gasteiger partial charge >= 0.3 is 0 Å². The molecule has 4 rings (SSSR count). The van der Waals surface area contributed by atoms with E-state index in [0.717, 1.165) is 32.8 Å². The van der Waals surface area contributed by atoms with E-state index in [2.05, 4.69) is 34.1 Å². The van der Waals surface area contributed by atoms with Crippen molar-refractivity contribution < 1.29 is 9.53 Å². The molecule has 0 saturated carbocycles. The van der Waals surface area contributed by atoms with Crippen molar-refractivity contribution in [3.05, 3.63) is 35.9 Å². The summed E-state index contributed by atoms with van der Waals surface area (Å²) >= 11 is 0. The first kappa shape index (κ1) is 18.4. The lowest BCUT2D eigenvalue weighted by Crippen LogP contribution is -2.46. The Balaban J connectivity index is 1.45. The van der Waals surface area contributed by atoms with Crippen LogP contribution >= 0.6 is 0 Å². The zero-order chi connectivity index (χ0) is 17.6. The first-order valence-electron chi connectivity index (χ1n) is 9.40. The minimum absolute atomic E-state index is 0.207. The highest BCUT2D eigenvalue weighted by atomic mass is 16.5. The Kier molecular flexibility index (Phi) is 6.45. The van der Waals surface area contributed by atoms with Crippen LogP contribution in [-0.2, 0) is 16.1 Å². The minimum Gasteiger partial charge on any atom is -0.375 e. The van der Waals surface area contributed by atoms with Crippen molar-refractivity contribution >= 4 is 5.91 Å². The van der Waals surface area contributed by atoms with Gasteiger partial charge in [-0.05, 0) is 24.3 Å². The first-order valence-corrected chi connectivity index (χ1v) is 9.40. The predicted octanol–water partition coefficient (Wildman–Crippen LogP) is 1.69. The molecule has 25 heavy (non-hydrogen) atoms. The smallest absolute Gasteiger partial charge is 0.236 e. The molecule has 0 aromatic heterocycles. The Bertz CT molecular complexity index is 549. The second-order valence-corrected chi connectivity index (χ2v) is 7.61. The van der Waals surface area contributed by atoms with Crippen LogP contribution in [0, 0.1) is 5.92 Å². The van der Waals surface area contributed by atoms with Crippen LogP contribution in [0.2, 0.25) is 0 Å². The van der Waals surface area contributed by atoms with Gasteiger partial charge in [-0.3, -0.25) is 14.6 Å². The largest absolute Gasteiger partial charge is 0.375 e. The Hall–Kier alpha value is -1.43. The predicted molar refractivity (Wildman–Crippen MR) is 99.3 cm³/mol. The van der Waals surface area contributed by atoms with E-state index in [1.165, 1.54) is 18.4 Å². The van der Waals surface area contributed by atoms with Crippen LogP contribution in [0.1, 0.15) is 18.4 Å². The number of carbonyl (C=O) groups is 1. The van der Waals surface area contributed by atoms with Gasteiger partial charge in [-0.1, -0.05) is 30.3 Å². The molecule has 5 nitrogen and oxygen atoms in total. The molecule has 138 valence electrons. The van der Waals surface area contributed by atoms with Crippen molar-refractivity contribution in [1.82, 2.24) is 14.7 Å². The van der Waals surface area contributed by atoms with E-state index in [-0.39, 0.29) is 5.91 Å². The first-order chi connectivity index (χ1) is 12.1. The Labute approximate surface area is 151 Å². The molecule has 1 aromatic carbocycles. The molecule has 5 heteroatoms. The van der Waals surface area contributed by atoms with Crippen LogP contribution in [0.25, 0.3) is 0 Å². The Morgan fingerprint density at radius 1 is 1.16 bits per heavy atom. The van der Waals surface area contributed by atoms with Crippen LogP contribution in [0.15, 0.2) is 30.3 Å². The molecule has 3 aliphatic rings. The maximum atomic E-state index is 12.0. The number of nitrogens with zero attached hydrogens (tertiary/aromatic N) is 3. The molecular weight excluding hydrogens is 314 g/mol. The highest BCUT2D eigenvalue weighted by Crippen LogP contribution is 2.27. The van der Waals surface area contributed by atoms with Crippen molar-refractivity contribution in [3.8, 4) is 0 Å². The molecule has 0 aliphatic carbocycles. The van der Waals surface area contributed by atoms with E-state index in [4.69, 9.17) is 4.74 Å². The minimum atomic E-state index is 0.207. The van der Waals surface area contributed by atoms with Crippen molar-refractivity contribution in [3.63, 3.8) is 0 Å². The number of likely N-dealkylation sites (N-methyl/N-ethyl adjacent to an activating group) is 1. The van der Waals surface area contributed by atoms with Gasteiger partial charge in [-0.15, -0.1) is 0 Å². The lowest BCUT2D eigenvalue weighted by molar-refractivity contribution is -0.130. The van der Waals surface area contributed by atoms with Crippen LogP contribution in [0.3, 0.4) is 0 Å². The van der Waals surface area contributed by atoms with Crippen molar-refractivity contribution in [1.29, 1.82) is 0 Å². The summed E-state index contributed by atoms with van der Waals surface area (Å²) in [5.41, 5.74) is 1.23. The standard InChI is InChI=1S/C20H31N3O2/c1-21(2)20(24)15-22-12-18-8-9-19(14-22)23(13-18)10-11-25-16-17-6-4-3-5-7-17/h3-7,18-19H,8-16H2,1-2H3/t18-,19+/m0/s1. The lowest BCUT2D eigenvalue weighted by Gasteiger charge is -2.36. The van der Waals surface area contributed by atoms with Crippen LogP contribution in [-0.4, -0.2) is 80.1 Å². The lowest BCUT2D eigenvalue weighted by atomic mass is 9.95. The zero-order valence-electron chi connectivity index (χ0n) is 15.6. The number of ether oxygens (including phenoxy) is 1. The summed E-state index contributed by atoms with van der Waals surface area (Å²) in [4.78, 5) is 18.7. The van der Waals surface area contributed by atoms with Gasteiger partial charge in [-0.25, -0.2) is 0 Å². The monoisotopic (exact) mass is 345 g/mol. The summed E-state index contributed by atoms with van der Waals surface area (Å²) < 4.78 is 5.88. The average molecular weight is 345 g/mol. The topological polar surface area (TPSA) is 36.0 Å². The Morgan fingerprint density at radius 3 is 2.72 bits per heavy atom. The van der Waals surface area contributed by atoms with E-state index in [9.17, 15) is 4.79 Å². The molecule has 3 fully saturated rings.